The van der Waals surface area contributed by atoms with Gasteiger partial charge in [-0.15, -0.1) is 0 Å². The molecule has 0 fully saturated rings. The van der Waals surface area contributed by atoms with E-state index in [1.54, 1.807) is 13.0 Å². The molecule has 0 bridgehead atoms. The molecular formula is C30H24O4. The second kappa shape index (κ2) is 9.28. The third-order valence-corrected chi connectivity index (χ3v) is 5.73. The lowest BCUT2D eigenvalue weighted by Crippen LogP contribution is -2.08. The molecule has 0 unspecified atom stereocenters. The van der Waals surface area contributed by atoms with Crippen molar-refractivity contribution < 1.29 is 19.0 Å². The zero-order valence-electron chi connectivity index (χ0n) is 19.1. The molecule has 4 heteroatoms. The zero-order valence-corrected chi connectivity index (χ0v) is 19.1. The third-order valence-electron chi connectivity index (χ3n) is 5.73. The van der Waals surface area contributed by atoms with Crippen LogP contribution in [0.4, 0.5) is 0 Å². The quantitative estimate of drug-likeness (QED) is 0.246. The molecule has 0 atom stereocenters. The Kier molecular flexibility index (Phi) is 5.88. The van der Waals surface area contributed by atoms with Crippen molar-refractivity contribution >= 4 is 27.5 Å². The van der Waals surface area contributed by atoms with Gasteiger partial charge < -0.3 is 14.2 Å². The van der Waals surface area contributed by atoms with Crippen LogP contribution < -0.4 is 9.47 Å². The first-order chi connectivity index (χ1) is 16.6. The Balaban J connectivity index is 1.53. The number of hydrogen-bond acceptors (Lipinski definition) is 4. The Labute approximate surface area is 198 Å². The van der Waals surface area contributed by atoms with Gasteiger partial charge in [-0.2, -0.15) is 0 Å². The molecule has 5 rings (SSSR count). The Morgan fingerprint density at radius 2 is 1.21 bits per heavy atom. The van der Waals surface area contributed by atoms with E-state index in [-0.39, 0.29) is 6.61 Å². The molecular weight excluding hydrogens is 424 g/mol. The average molecular weight is 449 g/mol. The van der Waals surface area contributed by atoms with Gasteiger partial charge in [0.1, 0.15) is 23.0 Å². The lowest BCUT2D eigenvalue weighted by Gasteiger charge is -2.16. The van der Waals surface area contributed by atoms with E-state index >= 15 is 0 Å². The lowest BCUT2D eigenvalue weighted by molar-refractivity contribution is 0.0524. The first kappa shape index (κ1) is 21.5. The SMILES string of the molecule is CCOC(=O)c1cc(Oc2ccc3ccccc3c2)cc(Oc2ccc3ccccc3c2)c1C. The second-order valence-corrected chi connectivity index (χ2v) is 8.04. The fourth-order valence-corrected chi connectivity index (χ4v) is 3.97. The van der Waals surface area contributed by atoms with E-state index in [9.17, 15) is 4.79 Å². The normalized spacial score (nSPS) is 10.9. The molecule has 0 aliphatic heterocycles. The molecule has 0 radical (unpaired) electrons. The maximum absolute atomic E-state index is 12.7. The minimum atomic E-state index is -0.410. The van der Waals surface area contributed by atoms with Crippen LogP contribution in [0.15, 0.2) is 97.1 Å². The van der Waals surface area contributed by atoms with Crippen LogP contribution in [0.3, 0.4) is 0 Å². The van der Waals surface area contributed by atoms with E-state index in [0.29, 0.717) is 34.1 Å². The molecule has 5 aromatic rings. The van der Waals surface area contributed by atoms with Gasteiger partial charge >= 0.3 is 5.97 Å². The van der Waals surface area contributed by atoms with Gasteiger partial charge in [0, 0.05) is 11.6 Å². The van der Waals surface area contributed by atoms with Crippen LogP contribution in [0.25, 0.3) is 21.5 Å². The van der Waals surface area contributed by atoms with Gasteiger partial charge in [-0.25, -0.2) is 4.79 Å². The average Bonchev–Trinajstić information content (AvgIpc) is 2.86. The summed E-state index contributed by atoms with van der Waals surface area (Å²) in [6.07, 6.45) is 0. The van der Waals surface area contributed by atoms with Crippen molar-refractivity contribution in [1.82, 2.24) is 0 Å². The Morgan fingerprint density at radius 1 is 0.647 bits per heavy atom. The van der Waals surface area contributed by atoms with Gasteiger partial charge in [0.2, 0.25) is 0 Å². The Hall–Kier alpha value is -4.31. The molecule has 0 aliphatic carbocycles. The summed E-state index contributed by atoms with van der Waals surface area (Å²) in [4.78, 5) is 12.7. The van der Waals surface area contributed by atoms with E-state index in [0.717, 1.165) is 21.5 Å². The first-order valence-electron chi connectivity index (χ1n) is 11.3. The van der Waals surface area contributed by atoms with Gasteiger partial charge in [-0.05, 0) is 65.7 Å². The lowest BCUT2D eigenvalue weighted by atomic mass is 10.1. The molecule has 0 spiro atoms. The summed E-state index contributed by atoms with van der Waals surface area (Å²) >= 11 is 0. The van der Waals surface area contributed by atoms with Gasteiger partial charge in [0.25, 0.3) is 0 Å². The molecule has 0 heterocycles. The molecule has 34 heavy (non-hydrogen) atoms. The van der Waals surface area contributed by atoms with Crippen LogP contribution in [0, 0.1) is 6.92 Å². The maximum Gasteiger partial charge on any atom is 0.338 e. The molecule has 0 N–H and O–H groups in total. The van der Waals surface area contributed by atoms with E-state index in [1.165, 1.54) is 0 Å². The van der Waals surface area contributed by atoms with Gasteiger partial charge in [0.15, 0.2) is 0 Å². The molecule has 168 valence electrons. The Bertz CT molecular complexity index is 1500. The highest BCUT2D eigenvalue weighted by Crippen LogP contribution is 2.36. The van der Waals surface area contributed by atoms with Crippen molar-refractivity contribution in [3.05, 3.63) is 108 Å². The highest BCUT2D eigenvalue weighted by atomic mass is 16.5. The van der Waals surface area contributed by atoms with Gasteiger partial charge in [0.05, 0.1) is 12.2 Å². The number of fused-ring (bicyclic) bond motifs is 2. The highest BCUT2D eigenvalue weighted by Gasteiger charge is 2.18. The third kappa shape index (κ3) is 4.44. The number of benzene rings is 5. The minimum absolute atomic E-state index is 0.287. The van der Waals surface area contributed by atoms with Crippen molar-refractivity contribution in [1.29, 1.82) is 0 Å². The topological polar surface area (TPSA) is 44.8 Å². The predicted molar refractivity (Wildman–Crippen MR) is 135 cm³/mol. The number of rotatable bonds is 6. The molecule has 0 amide bonds. The minimum Gasteiger partial charge on any atom is -0.462 e. The molecule has 0 saturated heterocycles. The van der Waals surface area contributed by atoms with Crippen molar-refractivity contribution in [3.8, 4) is 23.0 Å². The largest absolute Gasteiger partial charge is 0.462 e. The number of carbonyl (C=O) groups is 1. The number of hydrogen-bond donors (Lipinski definition) is 0. The summed E-state index contributed by atoms with van der Waals surface area (Å²) in [6, 6.07) is 31.5. The van der Waals surface area contributed by atoms with E-state index in [1.807, 2.05) is 85.8 Å². The molecule has 4 nitrogen and oxygen atoms in total. The number of carbonyl (C=O) groups excluding carboxylic acids is 1. The van der Waals surface area contributed by atoms with Crippen LogP contribution in [0.1, 0.15) is 22.8 Å². The first-order valence-corrected chi connectivity index (χ1v) is 11.3. The maximum atomic E-state index is 12.7. The molecule has 0 aliphatic rings. The summed E-state index contributed by atoms with van der Waals surface area (Å²) < 4.78 is 17.7. The van der Waals surface area contributed by atoms with Crippen molar-refractivity contribution in [2.24, 2.45) is 0 Å². The predicted octanol–water partition coefficient (Wildman–Crippen LogP) is 8.06. The number of ether oxygens (including phenoxy) is 3. The fourth-order valence-electron chi connectivity index (χ4n) is 3.97. The standard InChI is InChI=1S/C30H24O4/c1-3-32-30(31)28-18-27(33-25-14-12-21-8-4-6-10-23(21)16-25)19-29(20(28)2)34-26-15-13-22-9-5-7-11-24(22)17-26/h4-19H,3H2,1-2H3. The van der Waals surface area contributed by atoms with E-state index in [2.05, 4.69) is 12.1 Å². The van der Waals surface area contributed by atoms with Crippen molar-refractivity contribution in [3.63, 3.8) is 0 Å². The van der Waals surface area contributed by atoms with Crippen LogP contribution in [-0.4, -0.2) is 12.6 Å². The monoisotopic (exact) mass is 448 g/mol. The van der Waals surface area contributed by atoms with Crippen LogP contribution in [-0.2, 0) is 4.74 Å². The fraction of sp³-hybridized carbons (Fsp3) is 0.100. The van der Waals surface area contributed by atoms with Crippen molar-refractivity contribution in [2.75, 3.05) is 6.61 Å². The second-order valence-electron chi connectivity index (χ2n) is 8.04. The van der Waals surface area contributed by atoms with Gasteiger partial charge in [-0.1, -0.05) is 60.7 Å². The summed E-state index contributed by atoms with van der Waals surface area (Å²) in [7, 11) is 0. The zero-order chi connectivity index (χ0) is 23.5. The molecule has 0 saturated carbocycles. The Morgan fingerprint density at radius 3 is 1.79 bits per heavy atom. The molecule has 5 aromatic carbocycles. The highest BCUT2D eigenvalue weighted by molar-refractivity contribution is 5.92. The van der Waals surface area contributed by atoms with Crippen LogP contribution >= 0.6 is 0 Å². The van der Waals surface area contributed by atoms with E-state index < -0.39 is 5.97 Å². The summed E-state index contributed by atoms with van der Waals surface area (Å²) in [5, 5.41) is 4.41. The van der Waals surface area contributed by atoms with Crippen LogP contribution in [0.5, 0.6) is 23.0 Å². The van der Waals surface area contributed by atoms with Crippen molar-refractivity contribution in [2.45, 2.75) is 13.8 Å². The number of esters is 1. The summed E-state index contributed by atoms with van der Waals surface area (Å²) in [5.74, 6) is 1.98. The molecule has 0 aromatic heterocycles. The van der Waals surface area contributed by atoms with Gasteiger partial charge in [-0.3, -0.25) is 0 Å². The summed E-state index contributed by atoms with van der Waals surface area (Å²) in [6.45, 7) is 3.92. The van der Waals surface area contributed by atoms with Crippen LogP contribution in [0.2, 0.25) is 0 Å². The summed E-state index contributed by atoms with van der Waals surface area (Å²) in [5.41, 5.74) is 1.10. The smallest absolute Gasteiger partial charge is 0.338 e. The van der Waals surface area contributed by atoms with E-state index in [4.69, 9.17) is 14.2 Å².